The third-order valence-electron chi connectivity index (χ3n) is 8.07. The number of hydrogen-bond acceptors (Lipinski definition) is 8. The summed E-state index contributed by atoms with van der Waals surface area (Å²) >= 11 is 0.950. The van der Waals surface area contributed by atoms with Crippen LogP contribution in [0.2, 0.25) is 0 Å². The van der Waals surface area contributed by atoms with Crippen molar-refractivity contribution in [2.45, 2.75) is 61.9 Å². The van der Waals surface area contributed by atoms with Gasteiger partial charge in [0.2, 0.25) is 10.0 Å². The molecule has 3 aliphatic heterocycles. The Balaban J connectivity index is 1.43. The highest BCUT2D eigenvalue weighted by atomic mass is 32.2. The second-order valence-corrected chi connectivity index (χ2v) is 14.7. The molecule has 0 unspecified atom stereocenters. The number of fused-ring (bicyclic) bond motifs is 1. The van der Waals surface area contributed by atoms with Crippen LogP contribution in [0, 0.1) is 0 Å². The molecule has 0 amide bonds. The second-order valence-electron chi connectivity index (χ2n) is 11.6. The highest BCUT2D eigenvalue weighted by Crippen LogP contribution is 2.40. The summed E-state index contributed by atoms with van der Waals surface area (Å²) in [4.78, 5) is 7.68. The standard InChI is InChI=1S/C28H37F5N6O3S2/c1-44(41,42)38-11-6-24-22(17-38)26(35-39(24)16-21(40)15-37-10-3-8-34-19-37)20-4-5-23(28(31,32)33)25(14-20)43-13-12-36-9-2-7-27(29,30)18-36/h4-5,14,19,21,40H,2-3,6-13,15-18H2,1H3/t21-/m0/s1. The second kappa shape index (κ2) is 13.2. The zero-order chi connectivity index (χ0) is 31.7. The smallest absolute Gasteiger partial charge is 0.389 e. The minimum atomic E-state index is -4.63. The number of aliphatic hydroxyl groups excluding tert-OH is 1. The van der Waals surface area contributed by atoms with Gasteiger partial charge in [-0.25, -0.2) is 17.2 Å². The molecule has 0 aliphatic carbocycles. The van der Waals surface area contributed by atoms with Crippen molar-refractivity contribution in [3.8, 4) is 11.3 Å². The first kappa shape index (κ1) is 33.1. The molecule has 3 aliphatic rings. The van der Waals surface area contributed by atoms with Gasteiger partial charge in [-0.2, -0.15) is 22.6 Å². The van der Waals surface area contributed by atoms with E-state index in [1.807, 2.05) is 4.90 Å². The minimum Gasteiger partial charge on any atom is -0.389 e. The molecule has 1 aromatic carbocycles. The molecular formula is C28H37F5N6O3S2. The number of aliphatic hydroxyl groups is 1. The predicted molar refractivity (Wildman–Crippen MR) is 159 cm³/mol. The number of aliphatic imine (C=N–C) groups is 1. The van der Waals surface area contributed by atoms with Crippen LogP contribution in [0.25, 0.3) is 11.3 Å². The van der Waals surface area contributed by atoms with E-state index in [1.165, 1.54) is 16.4 Å². The molecule has 0 bridgehead atoms. The van der Waals surface area contributed by atoms with E-state index < -0.39 is 40.3 Å². The van der Waals surface area contributed by atoms with Crippen molar-refractivity contribution in [1.29, 1.82) is 0 Å². The summed E-state index contributed by atoms with van der Waals surface area (Å²) in [5.41, 5.74) is 1.21. The maximum atomic E-state index is 14.0. The van der Waals surface area contributed by atoms with Gasteiger partial charge in [0.05, 0.1) is 43.0 Å². The lowest BCUT2D eigenvalue weighted by Gasteiger charge is -2.32. The average molecular weight is 665 g/mol. The first-order valence-corrected chi connectivity index (χ1v) is 17.4. The molecule has 1 saturated heterocycles. The highest BCUT2D eigenvalue weighted by Gasteiger charge is 2.37. The number of nitrogens with zero attached hydrogens (tertiary/aromatic N) is 6. The average Bonchev–Trinajstić information content (AvgIpc) is 3.29. The number of piperidine rings is 1. The van der Waals surface area contributed by atoms with Crippen molar-refractivity contribution in [1.82, 2.24) is 23.9 Å². The summed E-state index contributed by atoms with van der Waals surface area (Å²) in [7, 11) is -3.55. The lowest BCUT2D eigenvalue weighted by Crippen LogP contribution is -2.43. The van der Waals surface area contributed by atoms with Crippen molar-refractivity contribution in [3.63, 3.8) is 0 Å². The van der Waals surface area contributed by atoms with Gasteiger partial charge in [0, 0.05) is 79.6 Å². The zero-order valence-electron chi connectivity index (χ0n) is 24.4. The van der Waals surface area contributed by atoms with Crippen LogP contribution in [0.15, 0.2) is 28.1 Å². The predicted octanol–water partition coefficient (Wildman–Crippen LogP) is 3.80. The maximum absolute atomic E-state index is 14.0. The van der Waals surface area contributed by atoms with Gasteiger partial charge in [0.25, 0.3) is 5.92 Å². The Labute approximate surface area is 258 Å². The minimum absolute atomic E-state index is 0.00501. The molecule has 4 heterocycles. The summed E-state index contributed by atoms with van der Waals surface area (Å²) in [6.07, 6.45) is -1.28. The SMILES string of the molecule is CS(=O)(=O)N1CCc2c(c(-c3ccc(C(F)(F)F)c(SCCN4CCCC(F)(F)C4)c3)nn2C[C@@H](O)CN2C=NCCC2)C1. The molecule has 1 atom stereocenters. The first-order valence-electron chi connectivity index (χ1n) is 14.6. The molecule has 0 spiro atoms. The topological polar surface area (TPSA) is 94.3 Å². The van der Waals surface area contributed by atoms with Crippen LogP contribution in [-0.2, 0) is 35.7 Å². The summed E-state index contributed by atoms with van der Waals surface area (Å²) in [5, 5.41) is 15.6. The van der Waals surface area contributed by atoms with Gasteiger partial charge in [-0.3, -0.25) is 14.6 Å². The molecule has 0 saturated carbocycles. The van der Waals surface area contributed by atoms with E-state index in [0.717, 1.165) is 49.3 Å². The molecule has 244 valence electrons. The van der Waals surface area contributed by atoms with Crippen molar-refractivity contribution < 1.29 is 35.5 Å². The van der Waals surface area contributed by atoms with Gasteiger partial charge in [0.1, 0.15) is 0 Å². The van der Waals surface area contributed by atoms with Gasteiger partial charge in [-0.15, -0.1) is 11.8 Å². The van der Waals surface area contributed by atoms with Gasteiger partial charge < -0.3 is 10.0 Å². The number of benzene rings is 1. The van der Waals surface area contributed by atoms with E-state index in [9.17, 15) is 35.5 Å². The fourth-order valence-electron chi connectivity index (χ4n) is 5.94. The number of rotatable bonds is 10. The van der Waals surface area contributed by atoms with E-state index in [4.69, 9.17) is 5.10 Å². The summed E-state index contributed by atoms with van der Waals surface area (Å²) in [6, 6.07) is 3.70. The number of halogens is 5. The lowest BCUT2D eigenvalue weighted by molar-refractivity contribution is -0.139. The highest BCUT2D eigenvalue weighted by molar-refractivity contribution is 7.99. The lowest BCUT2D eigenvalue weighted by atomic mass is 10.0. The van der Waals surface area contributed by atoms with E-state index >= 15 is 0 Å². The Bertz CT molecular complexity index is 1470. The number of aromatic nitrogens is 2. The summed E-state index contributed by atoms with van der Waals surface area (Å²) in [6.45, 7) is 2.45. The Hall–Kier alpha value is -2.27. The van der Waals surface area contributed by atoms with E-state index in [0.29, 0.717) is 42.8 Å². The zero-order valence-corrected chi connectivity index (χ0v) is 26.1. The molecule has 9 nitrogen and oxygen atoms in total. The van der Waals surface area contributed by atoms with Gasteiger partial charge in [0.15, 0.2) is 0 Å². The van der Waals surface area contributed by atoms with Crippen molar-refractivity contribution in [3.05, 3.63) is 35.0 Å². The molecular weight excluding hydrogens is 627 g/mol. The number of hydrogen-bond donors (Lipinski definition) is 1. The van der Waals surface area contributed by atoms with Gasteiger partial charge >= 0.3 is 6.18 Å². The number of sulfonamides is 1. The van der Waals surface area contributed by atoms with Crippen LogP contribution >= 0.6 is 11.8 Å². The fourth-order valence-corrected chi connectivity index (χ4v) is 7.85. The van der Waals surface area contributed by atoms with E-state index in [-0.39, 0.29) is 43.2 Å². The van der Waals surface area contributed by atoms with Crippen LogP contribution in [0.5, 0.6) is 0 Å². The van der Waals surface area contributed by atoms with Gasteiger partial charge in [-0.05, 0) is 31.5 Å². The van der Waals surface area contributed by atoms with Crippen LogP contribution in [0.3, 0.4) is 0 Å². The number of likely N-dealkylation sites (tertiary alicyclic amines) is 1. The molecule has 16 heteroatoms. The number of alkyl halides is 5. The summed E-state index contributed by atoms with van der Waals surface area (Å²) < 4.78 is 97.4. The quantitative estimate of drug-likeness (QED) is 0.305. The molecule has 1 N–H and O–H groups in total. The number of β-amino-alcohol motifs (C(OH)–C–C–N with tert-alkyl or cyclic N) is 1. The third-order valence-corrected chi connectivity index (χ3v) is 10.4. The van der Waals surface area contributed by atoms with Crippen LogP contribution in [0.4, 0.5) is 22.0 Å². The monoisotopic (exact) mass is 664 g/mol. The van der Waals surface area contributed by atoms with Crippen LogP contribution < -0.4 is 0 Å². The van der Waals surface area contributed by atoms with Crippen LogP contribution in [-0.4, -0.2) is 114 Å². The normalized spacial score (nSPS) is 20.6. The molecule has 5 rings (SSSR count). The van der Waals surface area contributed by atoms with Gasteiger partial charge in [-0.1, -0.05) is 6.07 Å². The van der Waals surface area contributed by atoms with E-state index in [1.54, 1.807) is 15.9 Å². The third kappa shape index (κ3) is 8.11. The van der Waals surface area contributed by atoms with Crippen molar-refractivity contribution in [2.75, 3.05) is 57.8 Å². The van der Waals surface area contributed by atoms with Crippen molar-refractivity contribution >= 4 is 28.1 Å². The Morgan fingerprint density at radius 3 is 2.61 bits per heavy atom. The Morgan fingerprint density at radius 2 is 1.93 bits per heavy atom. The summed E-state index contributed by atoms with van der Waals surface area (Å²) in [5.74, 6) is -2.62. The largest absolute Gasteiger partial charge is 0.417 e. The molecule has 44 heavy (non-hydrogen) atoms. The Kier molecular flexibility index (Phi) is 9.95. The Morgan fingerprint density at radius 1 is 1.14 bits per heavy atom. The first-order chi connectivity index (χ1) is 20.7. The molecule has 2 aromatic rings. The maximum Gasteiger partial charge on any atom is 0.417 e. The van der Waals surface area contributed by atoms with E-state index in [2.05, 4.69) is 4.99 Å². The van der Waals surface area contributed by atoms with Crippen molar-refractivity contribution in [2.24, 2.45) is 4.99 Å². The molecule has 1 fully saturated rings. The molecule has 1 aromatic heterocycles. The number of thioether (sulfide) groups is 1. The molecule has 0 radical (unpaired) electrons. The fraction of sp³-hybridized carbons (Fsp3) is 0.643. The van der Waals surface area contributed by atoms with Crippen LogP contribution in [0.1, 0.15) is 36.1 Å².